The minimum atomic E-state index is -5.39. The fourth-order valence-electron chi connectivity index (χ4n) is 0. The maximum atomic E-state index is 8.55. The standard InChI is InChI=1S/H3O4P.P/c1-5(2,3)4;/h(H3,1,2,3,4);/q;+3/p-3. The van der Waals surface area contributed by atoms with Crippen LogP contribution in [0.5, 0.6) is 0 Å². The van der Waals surface area contributed by atoms with Crippen molar-refractivity contribution in [3.05, 3.63) is 0 Å². The van der Waals surface area contributed by atoms with Crippen molar-refractivity contribution in [2.24, 2.45) is 0 Å². The first kappa shape index (κ1) is 9.74. The molecule has 0 aliphatic rings. The fraction of sp³-hybridized carbons (Fsp3) is 0. The first-order valence-corrected chi connectivity index (χ1v) is 2.19. The molecule has 0 rings (SSSR count). The Morgan fingerprint density at radius 2 is 1.17 bits per heavy atom. The number of rotatable bonds is 0. The van der Waals surface area contributed by atoms with Crippen molar-refractivity contribution >= 4 is 17.7 Å². The average molecular weight is 126 g/mol. The fourth-order valence-corrected chi connectivity index (χ4v) is 0. The zero-order valence-corrected chi connectivity index (χ0v) is 4.32. The SMILES string of the molecule is O=P([O-])([O-])[O-].[P+3]. The van der Waals surface area contributed by atoms with E-state index in [1.165, 1.54) is 0 Å². The maximum absolute atomic E-state index is 8.55. The van der Waals surface area contributed by atoms with Gasteiger partial charge >= 0.3 is 9.90 Å². The summed E-state index contributed by atoms with van der Waals surface area (Å²) in [5.41, 5.74) is 0. The summed E-state index contributed by atoms with van der Waals surface area (Å²) in [4.78, 5) is 25.6. The van der Waals surface area contributed by atoms with E-state index in [0.717, 1.165) is 0 Å². The van der Waals surface area contributed by atoms with Gasteiger partial charge in [-0.15, -0.1) is 0 Å². The third kappa shape index (κ3) is 195. The minimum Gasteiger partial charge on any atom is -0.822 e. The van der Waals surface area contributed by atoms with Crippen molar-refractivity contribution in [2.75, 3.05) is 0 Å². The second-order valence-electron chi connectivity index (χ2n) is 0.447. The Morgan fingerprint density at radius 1 is 1.17 bits per heavy atom. The van der Waals surface area contributed by atoms with E-state index in [0.29, 0.717) is 0 Å². The van der Waals surface area contributed by atoms with Crippen LogP contribution in [0, 0.1) is 0 Å². The molecule has 0 spiro atoms. The Bertz CT molecular complexity index is 51.7. The normalized spacial score (nSPS) is 9.83. The van der Waals surface area contributed by atoms with Crippen LogP contribution in [-0.2, 0) is 4.57 Å². The molecule has 0 aliphatic carbocycles. The molecule has 0 atom stereocenters. The van der Waals surface area contributed by atoms with Gasteiger partial charge in [0.25, 0.3) is 0 Å². The largest absolute Gasteiger partial charge is 3.00 e. The topological polar surface area (TPSA) is 86.2 Å². The van der Waals surface area contributed by atoms with Gasteiger partial charge in [0.15, 0.2) is 0 Å². The molecule has 0 bridgehead atoms. The molecule has 0 unspecified atom stereocenters. The Morgan fingerprint density at radius 3 is 1.17 bits per heavy atom. The van der Waals surface area contributed by atoms with Crippen LogP contribution in [0.1, 0.15) is 0 Å². The van der Waals surface area contributed by atoms with Crippen LogP contribution < -0.4 is 14.7 Å². The quantitative estimate of drug-likeness (QED) is 0.352. The summed E-state index contributed by atoms with van der Waals surface area (Å²) in [6.45, 7) is 0. The first-order valence-electron chi connectivity index (χ1n) is 0.730. The van der Waals surface area contributed by atoms with E-state index in [4.69, 9.17) is 19.2 Å². The van der Waals surface area contributed by atoms with E-state index in [-0.39, 0.29) is 9.90 Å². The van der Waals surface area contributed by atoms with Gasteiger partial charge < -0.3 is 19.2 Å². The van der Waals surface area contributed by atoms with E-state index >= 15 is 0 Å². The molecule has 0 N–H and O–H groups in total. The molecule has 34 valence electrons. The van der Waals surface area contributed by atoms with Crippen molar-refractivity contribution in [2.45, 2.75) is 0 Å². The molecule has 2 radical (unpaired) electrons. The van der Waals surface area contributed by atoms with Crippen LogP contribution in [0.3, 0.4) is 0 Å². The van der Waals surface area contributed by atoms with Crippen molar-refractivity contribution < 1.29 is 19.2 Å². The van der Waals surface area contributed by atoms with Gasteiger partial charge in [-0.1, -0.05) is 0 Å². The smallest absolute Gasteiger partial charge is 0.822 e. The van der Waals surface area contributed by atoms with Crippen LogP contribution >= 0.6 is 17.7 Å². The van der Waals surface area contributed by atoms with Crippen molar-refractivity contribution in [1.29, 1.82) is 0 Å². The Hall–Kier alpha value is 0.540. The number of phosphoric acid groups is 1. The zero-order chi connectivity index (χ0) is 4.50. The minimum absolute atomic E-state index is 0. The molecule has 0 aromatic rings. The number of hydrogen-bond donors (Lipinski definition) is 0. The summed E-state index contributed by atoms with van der Waals surface area (Å²) in [6, 6.07) is 0. The number of hydrogen-bond acceptors (Lipinski definition) is 4. The molecule has 6 heteroatoms. The second kappa shape index (κ2) is 2.67. The van der Waals surface area contributed by atoms with Gasteiger partial charge in [-0.3, -0.25) is 0 Å². The second-order valence-corrected chi connectivity index (χ2v) is 1.34. The van der Waals surface area contributed by atoms with Crippen LogP contribution in [0.4, 0.5) is 0 Å². The van der Waals surface area contributed by atoms with Gasteiger partial charge in [-0.25, -0.2) is 0 Å². The van der Waals surface area contributed by atoms with Crippen LogP contribution in [0.25, 0.3) is 0 Å². The zero-order valence-electron chi connectivity index (χ0n) is 2.53. The van der Waals surface area contributed by atoms with E-state index in [1.54, 1.807) is 0 Å². The van der Waals surface area contributed by atoms with Crippen molar-refractivity contribution in [3.8, 4) is 0 Å². The first-order chi connectivity index (χ1) is 2.00. The van der Waals surface area contributed by atoms with E-state index in [2.05, 4.69) is 0 Å². The van der Waals surface area contributed by atoms with E-state index in [1.807, 2.05) is 0 Å². The molecule has 0 aromatic carbocycles. The molecular formula is O4P2. The summed E-state index contributed by atoms with van der Waals surface area (Å²) >= 11 is 0. The van der Waals surface area contributed by atoms with E-state index < -0.39 is 7.82 Å². The molecule has 0 amide bonds. The molecule has 0 fully saturated rings. The monoisotopic (exact) mass is 126 g/mol. The van der Waals surface area contributed by atoms with Gasteiger partial charge in [-0.05, 0) is 0 Å². The third-order valence-electron chi connectivity index (χ3n) is 0. The molecule has 0 saturated heterocycles. The Labute approximate surface area is 38.1 Å². The van der Waals surface area contributed by atoms with Gasteiger partial charge in [0, 0.05) is 0 Å². The van der Waals surface area contributed by atoms with Gasteiger partial charge in [-0.2, -0.15) is 7.82 Å². The van der Waals surface area contributed by atoms with E-state index in [9.17, 15) is 0 Å². The Balaban J connectivity index is 0. The molecular weight excluding hydrogens is 126 g/mol. The summed E-state index contributed by atoms with van der Waals surface area (Å²) in [6.07, 6.45) is 0. The van der Waals surface area contributed by atoms with Crippen LogP contribution in [0.2, 0.25) is 0 Å². The summed E-state index contributed by atoms with van der Waals surface area (Å²) < 4.78 is 8.55. The van der Waals surface area contributed by atoms with Crippen LogP contribution in [0.15, 0.2) is 0 Å². The molecule has 0 heterocycles. The summed E-state index contributed by atoms with van der Waals surface area (Å²) in [5, 5.41) is 0. The van der Waals surface area contributed by atoms with Crippen molar-refractivity contribution in [1.82, 2.24) is 0 Å². The molecule has 6 heavy (non-hydrogen) atoms. The predicted molar refractivity (Wildman–Crippen MR) is 14.5 cm³/mol. The average Bonchev–Trinajstić information content (AvgIpc) is 0.722. The maximum Gasteiger partial charge on any atom is 3.00 e. The Kier molecular flexibility index (Phi) is 4.33. The molecule has 4 nitrogen and oxygen atoms in total. The van der Waals surface area contributed by atoms with Crippen LogP contribution in [-0.4, -0.2) is 0 Å². The summed E-state index contributed by atoms with van der Waals surface area (Å²) in [7, 11) is -5.39. The molecule has 0 aromatic heterocycles. The summed E-state index contributed by atoms with van der Waals surface area (Å²) in [5.74, 6) is 0. The van der Waals surface area contributed by atoms with Gasteiger partial charge in [0.05, 0.1) is 0 Å². The van der Waals surface area contributed by atoms with Gasteiger partial charge in [0.2, 0.25) is 0 Å². The molecule has 0 saturated carbocycles. The van der Waals surface area contributed by atoms with Gasteiger partial charge in [0.1, 0.15) is 0 Å². The molecule has 0 aliphatic heterocycles. The van der Waals surface area contributed by atoms with Crippen molar-refractivity contribution in [3.63, 3.8) is 0 Å². The predicted octanol–water partition coefficient (Wildman–Crippen LogP) is -1.96. The third-order valence-corrected chi connectivity index (χ3v) is 0.